The van der Waals surface area contributed by atoms with Gasteiger partial charge in [0.25, 0.3) is 0 Å². The van der Waals surface area contributed by atoms with Gasteiger partial charge in [-0.05, 0) is 33.0 Å². The maximum atomic E-state index is 12.8. The lowest BCUT2D eigenvalue weighted by molar-refractivity contribution is 0.260. The van der Waals surface area contributed by atoms with E-state index in [-0.39, 0.29) is 5.54 Å². The van der Waals surface area contributed by atoms with Gasteiger partial charge in [0.2, 0.25) is 0 Å². The van der Waals surface area contributed by atoms with E-state index in [4.69, 9.17) is 11.6 Å². The Balaban J connectivity index is 1.41. The number of aromatic nitrogens is 7. The Morgan fingerprint density at radius 1 is 1.10 bits per heavy atom. The fourth-order valence-electron chi connectivity index (χ4n) is 3.68. The minimum atomic E-state index is -0.438. The second kappa shape index (κ2) is 7.29. The lowest BCUT2D eigenvalue weighted by Gasteiger charge is -2.26. The maximum absolute atomic E-state index is 12.8. The van der Waals surface area contributed by atoms with Crippen molar-refractivity contribution in [3.8, 4) is 5.82 Å². The van der Waals surface area contributed by atoms with Crippen molar-refractivity contribution in [2.24, 2.45) is 0 Å². The lowest BCUT2D eigenvalue weighted by atomic mass is 10.1. The monoisotopic (exact) mass is 438 g/mol. The molecule has 4 aromatic heterocycles. The highest BCUT2D eigenvalue weighted by Crippen LogP contribution is 2.51. The van der Waals surface area contributed by atoms with Crippen LogP contribution in [0.5, 0.6) is 0 Å². The summed E-state index contributed by atoms with van der Waals surface area (Å²) in [6.45, 7) is 0. The third kappa shape index (κ3) is 3.37. The van der Waals surface area contributed by atoms with Gasteiger partial charge in [-0.25, -0.2) is 19.3 Å². The fourth-order valence-corrected chi connectivity index (χ4v) is 3.92. The first-order valence-corrected chi connectivity index (χ1v) is 9.97. The molecule has 11 nitrogen and oxygen atoms in total. The molecule has 4 heterocycles. The van der Waals surface area contributed by atoms with Crippen LogP contribution in [0.25, 0.3) is 11.5 Å². The molecule has 0 bridgehead atoms. The van der Waals surface area contributed by atoms with E-state index in [1.807, 2.05) is 20.2 Å². The van der Waals surface area contributed by atoms with Crippen molar-refractivity contribution in [3.63, 3.8) is 0 Å². The van der Waals surface area contributed by atoms with Crippen molar-refractivity contribution >= 4 is 34.7 Å². The second-order valence-electron chi connectivity index (χ2n) is 7.47. The van der Waals surface area contributed by atoms with E-state index in [1.54, 1.807) is 23.0 Å². The van der Waals surface area contributed by atoms with Crippen LogP contribution >= 0.6 is 11.6 Å². The third-order valence-corrected chi connectivity index (χ3v) is 5.65. The molecule has 5 rings (SSSR count). The first-order valence-electron chi connectivity index (χ1n) is 9.59. The summed E-state index contributed by atoms with van der Waals surface area (Å²) in [5.41, 5.74) is 2.46. The van der Waals surface area contributed by atoms with E-state index in [0.717, 1.165) is 24.2 Å². The van der Waals surface area contributed by atoms with Gasteiger partial charge in [0, 0.05) is 6.07 Å². The number of carbonyl (C=O) groups is 1. The lowest BCUT2D eigenvalue weighted by Crippen LogP contribution is -2.32. The summed E-state index contributed by atoms with van der Waals surface area (Å²) in [6, 6.07) is 2.99. The summed E-state index contributed by atoms with van der Waals surface area (Å²) in [4.78, 5) is 24.9. The SMILES string of the molecule is CN(C)C1(c2c(NC(=O)Nc3cnc(-n4nccn4)c(Cl)c3)cnc3ccnn23)CC1. The highest BCUT2D eigenvalue weighted by molar-refractivity contribution is 6.32. The molecule has 1 aliphatic rings. The van der Waals surface area contributed by atoms with Crippen LogP contribution in [0, 0.1) is 0 Å². The predicted octanol–water partition coefficient (Wildman–Crippen LogP) is 2.55. The van der Waals surface area contributed by atoms with Gasteiger partial charge >= 0.3 is 6.03 Å². The van der Waals surface area contributed by atoms with Crippen LogP contribution in [0.4, 0.5) is 16.2 Å². The number of hydrogen-bond acceptors (Lipinski definition) is 7. The molecule has 2 N–H and O–H groups in total. The van der Waals surface area contributed by atoms with Gasteiger partial charge in [0.1, 0.15) is 0 Å². The molecule has 0 aliphatic heterocycles. The average molecular weight is 439 g/mol. The van der Waals surface area contributed by atoms with Gasteiger partial charge < -0.3 is 10.6 Å². The van der Waals surface area contributed by atoms with Crippen LogP contribution < -0.4 is 10.6 Å². The minimum Gasteiger partial charge on any atom is -0.306 e. The third-order valence-electron chi connectivity index (χ3n) is 5.37. The Morgan fingerprint density at radius 3 is 2.55 bits per heavy atom. The highest BCUT2D eigenvalue weighted by Gasteiger charge is 2.50. The van der Waals surface area contributed by atoms with Gasteiger partial charge in [-0.1, -0.05) is 11.6 Å². The Labute approximate surface area is 182 Å². The van der Waals surface area contributed by atoms with Crippen LogP contribution in [0.1, 0.15) is 18.5 Å². The molecule has 0 atom stereocenters. The van der Waals surface area contributed by atoms with Gasteiger partial charge in [0.15, 0.2) is 11.5 Å². The summed E-state index contributed by atoms with van der Waals surface area (Å²) < 4.78 is 1.78. The van der Waals surface area contributed by atoms with E-state index in [9.17, 15) is 4.79 Å². The van der Waals surface area contributed by atoms with Gasteiger partial charge in [-0.3, -0.25) is 4.90 Å². The van der Waals surface area contributed by atoms with Gasteiger partial charge in [-0.15, -0.1) is 4.80 Å². The van der Waals surface area contributed by atoms with E-state index in [2.05, 4.69) is 40.8 Å². The van der Waals surface area contributed by atoms with Crippen molar-refractivity contribution in [3.05, 3.63) is 53.8 Å². The standard InChI is InChI=1S/C19H19ClN10O/c1-28(2)19(4-5-19)16-14(11-21-15-3-6-23-29(15)16)27-18(31)26-12-9-13(20)17(22-10-12)30-24-7-8-25-30/h3,6-11H,4-5H2,1-2H3,(H2,26,27,31). The largest absolute Gasteiger partial charge is 0.323 e. The number of carbonyl (C=O) groups excluding carboxylic acids is 1. The summed E-state index contributed by atoms with van der Waals surface area (Å²) >= 11 is 6.28. The predicted molar refractivity (Wildman–Crippen MR) is 114 cm³/mol. The number of halogens is 1. The Kier molecular flexibility index (Phi) is 4.56. The number of anilines is 2. The maximum Gasteiger partial charge on any atom is 0.323 e. The molecule has 0 aromatic carbocycles. The Bertz CT molecular complexity index is 1260. The summed E-state index contributed by atoms with van der Waals surface area (Å²) in [5.74, 6) is 0.370. The zero-order valence-electron chi connectivity index (χ0n) is 16.8. The first kappa shape index (κ1) is 19.4. The van der Waals surface area contributed by atoms with Crippen molar-refractivity contribution < 1.29 is 4.79 Å². The van der Waals surface area contributed by atoms with Crippen molar-refractivity contribution in [1.29, 1.82) is 0 Å². The Hall–Kier alpha value is -3.57. The normalized spacial score (nSPS) is 14.7. The Morgan fingerprint density at radius 2 is 1.87 bits per heavy atom. The number of nitrogens with zero attached hydrogens (tertiary/aromatic N) is 8. The van der Waals surface area contributed by atoms with Crippen molar-refractivity contribution in [2.45, 2.75) is 18.4 Å². The van der Waals surface area contributed by atoms with E-state index in [0.29, 0.717) is 22.2 Å². The number of nitrogens with one attached hydrogen (secondary N) is 2. The molecule has 4 aromatic rings. The van der Waals surface area contributed by atoms with E-state index in [1.165, 1.54) is 23.4 Å². The van der Waals surface area contributed by atoms with Gasteiger partial charge in [-0.2, -0.15) is 15.3 Å². The number of pyridine rings is 1. The van der Waals surface area contributed by atoms with Crippen LogP contribution in [0.15, 0.2) is 43.1 Å². The van der Waals surface area contributed by atoms with Crippen molar-refractivity contribution in [1.82, 2.24) is 39.5 Å². The molecule has 0 saturated heterocycles. The molecular weight excluding hydrogens is 420 g/mol. The molecule has 0 radical (unpaired) electrons. The van der Waals surface area contributed by atoms with E-state index < -0.39 is 6.03 Å². The molecule has 0 spiro atoms. The van der Waals surface area contributed by atoms with Crippen LogP contribution in [0.2, 0.25) is 5.02 Å². The van der Waals surface area contributed by atoms with Gasteiger partial charge in [0.05, 0.1) is 58.6 Å². The molecule has 1 saturated carbocycles. The first-order chi connectivity index (χ1) is 15.0. The quantitative estimate of drug-likeness (QED) is 0.491. The number of rotatable bonds is 5. The molecule has 1 aliphatic carbocycles. The molecule has 31 heavy (non-hydrogen) atoms. The van der Waals surface area contributed by atoms with Crippen LogP contribution in [-0.4, -0.2) is 59.6 Å². The van der Waals surface area contributed by atoms with Crippen LogP contribution in [0.3, 0.4) is 0 Å². The molecular formula is C19H19ClN10O. The summed E-state index contributed by atoms with van der Waals surface area (Å²) in [7, 11) is 4.05. The average Bonchev–Trinajstić information content (AvgIpc) is 3.12. The zero-order valence-corrected chi connectivity index (χ0v) is 17.6. The smallest absolute Gasteiger partial charge is 0.306 e. The second-order valence-corrected chi connectivity index (χ2v) is 7.88. The number of fused-ring (bicyclic) bond motifs is 1. The molecule has 12 heteroatoms. The number of hydrogen-bond donors (Lipinski definition) is 2. The summed E-state index contributed by atoms with van der Waals surface area (Å²) in [6.07, 6.45) is 9.84. The zero-order chi connectivity index (χ0) is 21.6. The topological polar surface area (TPSA) is 118 Å². The number of amides is 2. The molecule has 0 unspecified atom stereocenters. The van der Waals surface area contributed by atoms with Crippen LogP contribution in [-0.2, 0) is 5.54 Å². The molecule has 2 amide bonds. The molecule has 1 fully saturated rings. The van der Waals surface area contributed by atoms with Crippen molar-refractivity contribution in [2.75, 3.05) is 24.7 Å². The fraction of sp³-hybridized carbons (Fsp3) is 0.263. The summed E-state index contributed by atoms with van der Waals surface area (Å²) in [5, 5.41) is 18.4. The molecule has 158 valence electrons. The minimum absolute atomic E-state index is 0.195. The highest BCUT2D eigenvalue weighted by atomic mass is 35.5. The van der Waals surface area contributed by atoms with E-state index >= 15 is 0 Å². The number of urea groups is 1.